The van der Waals surface area contributed by atoms with Crippen molar-refractivity contribution in [2.45, 2.75) is 77.4 Å². The largest absolute Gasteiger partial charge is 0.493 e. The van der Waals surface area contributed by atoms with E-state index in [0.717, 1.165) is 99.6 Å². The number of carbonyl (C=O) groups is 1. The molecule has 39 heavy (non-hydrogen) atoms. The van der Waals surface area contributed by atoms with E-state index in [-0.39, 0.29) is 5.91 Å². The zero-order chi connectivity index (χ0) is 27.7. The van der Waals surface area contributed by atoms with Crippen LogP contribution in [-0.4, -0.2) is 72.9 Å². The summed E-state index contributed by atoms with van der Waals surface area (Å²) in [6, 6.07) is 12.3. The minimum atomic E-state index is -0.820. The highest BCUT2D eigenvalue weighted by Gasteiger charge is 2.31. The van der Waals surface area contributed by atoms with Crippen molar-refractivity contribution >= 4 is 5.91 Å². The molecule has 214 valence electrons. The molecule has 2 aromatic rings. The van der Waals surface area contributed by atoms with E-state index in [0.29, 0.717) is 26.1 Å². The van der Waals surface area contributed by atoms with Crippen LogP contribution in [0.4, 0.5) is 0 Å². The van der Waals surface area contributed by atoms with E-state index < -0.39 is 5.60 Å². The standard InChI is InChI=1S/C32H46N2O5/c1-25-10-12-28(26(2)21-25)39-24-32(36)14-7-16-33(19-15-32)23-27-11-13-29(30(22-27)37-3)38-20-8-18-34-17-6-4-5-9-31(34)35/h10-13,21-22,36H,4-9,14-20,23-24H2,1-3H3/t32-/m1/s1. The van der Waals surface area contributed by atoms with Crippen molar-refractivity contribution < 1.29 is 24.1 Å². The average molecular weight is 539 g/mol. The topological polar surface area (TPSA) is 71.5 Å². The second-order valence-electron chi connectivity index (χ2n) is 11.3. The summed E-state index contributed by atoms with van der Waals surface area (Å²) < 4.78 is 17.7. The van der Waals surface area contributed by atoms with Gasteiger partial charge < -0.3 is 24.2 Å². The van der Waals surface area contributed by atoms with Gasteiger partial charge in [-0.25, -0.2) is 0 Å². The van der Waals surface area contributed by atoms with Crippen molar-refractivity contribution in [3.05, 3.63) is 53.1 Å². The number of carbonyl (C=O) groups excluding carboxylic acids is 1. The van der Waals surface area contributed by atoms with Gasteiger partial charge in [-0.2, -0.15) is 0 Å². The van der Waals surface area contributed by atoms with Crippen LogP contribution in [0.5, 0.6) is 17.2 Å². The van der Waals surface area contributed by atoms with Gasteiger partial charge in [-0.3, -0.25) is 9.69 Å². The molecule has 0 unspecified atom stereocenters. The molecule has 1 atom stereocenters. The van der Waals surface area contributed by atoms with Crippen LogP contribution in [0.3, 0.4) is 0 Å². The monoisotopic (exact) mass is 538 g/mol. The van der Waals surface area contributed by atoms with Gasteiger partial charge in [0.15, 0.2) is 11.5 Å². The van der Waals surface area contributed by atoms with E-state index in [9.17, 15) is 9.90 Å². The van der Waals surface area contributed by atoms with Crippen LogP contribution in [0.2, 0.25) is 0 Å². The third kappa shape index (κ3) is 8.61. The third-order valence-electron chi connectivity index (χ3n) is 7.97. The van der Waals surface area contributed by atoms with Crippen molar-refractivity contribution in [1.82, 2.24) is 9.80 Å². The Kier molecular flexibility index (Phi) is 10.5. The number of likely N-dealkylation sites (tertiary alicyclic amines) is 2. The first-order valence-corrected chi connectivity index (χ1v) is 14.6. The first-order valence-electron chi connectivity index (χ1n) is 14.6. The molecule has 1 N–H and O–H groups in total. The molecule has 2 saturated heterocycles. The molecule has 0 radical (unpaired) electrons. The van der Waals surface area contributed by atoms with Crippen LogP contribution in [0, 0.1) is 13.8 Å². The lowest BCUT2D eigenvalue weighted by atomic mass is 9.96. The van der Waals surface area contributed by atoms with Crippen molar-refractivity contribution in [3.63, 3.8) is 0 Å². The Bertz CT molecular complexity index is 1090. The van der Waals surface area contributed by atoms with Crippen LogP contribution in [-0.2, 0) is 11.3 Å². The van der Waals surface area contributed by atoms with Gasteiger partial charge in [-0.15, -0.1) is 0 Å². The van der Waals surface area contributed by atoms with Crippen molar-refractivity contribution in [2.24, 2.45) is 0 Å². The van der Waals surface area contributed by atoms with Gasteiger partial charge in [0.1, 0.15) is 12.4 Å². The van der Waals surface area contributed by atoms with E-state index in [1.807, 2.05) is 36.1 Å². The summed E-state index contributed by atoms with van der Waals surface area (Å²) in [5, 5.41) is 11.3. The minimum Gasteiger partial charge on any atom is -0.493 e. The van der Waals surface area contributed by atoms with E-state index in [4.69, 9.17) is 14.2 Å². The lowest BCUT2D eigenvalue weighted by molar-refractivity contribution is -0.130. The number of nitrogens with zero attached hydrogens (tertiary/aromatic N) is 2. The van der Waals surface area contributed by atoms with Crippen LogP contribution >= 0.6 is 0 Å². The smallest absolute Gasteiger partial charge is 0.222 e. The maximum absolute atomic E-state index is 12.2. The fourth-order valence-corrected chi connectivity index (χ4v) is 5.61. The zero-order valence-electron chi connectivity index (χ0n) is 24.0. The summed E-state index contributed by atoms with van der Waals surface area (Å²) in [4.78, 5) is 16.6. The van der Waals surface area contributed by atoms with Crippen molar-refractivity contribution in [2.75, 3.05) is 46.5 Å². The summed E-state index contributed by atoms with van der Waals surface area (Å²) in [5.74, 6) is 2.58. The predicted octanol–water partition coefficient (Wildman–Crippen LogP) is 5.28. The summed E-state index contributed by atoms with van der Waals surface area (Å²) >= 11 is 0. The van der Waals surface area contributed by atoms with Gasteiger partial charge in [0.2, 0.25) is 5.91 Å². The third-order valence-corrected chi connectivity index (χ3v) is 7.97. The van der Waals surface area contributed by atoms with Gasteiger partial charge in [-0.05, 0) is 88.2 Å². The second kappa shape index (κ2) is 14.0. The molecular formula is C32H46N2O5. The number of aryl methyl sites for hydroxylation is 2. The van der Waals surface area contributed by atoms with E-state index in [1.54, 1.807) is 7.11 Å². The molecule has 2 aliphatic rings. The number of hydrogen-bond donors (Lipinski definition) is 1. The molecule has 2 fully saturated rings. The number of aliphatic hydroxyl groups is 1. The first-order chi connectivity index (χ1) is 18.8. The van der Waals surface area contributed by atoms with Crippen LogP contribution in [0.25, 0.3) is 0 Å². The Morgan fingerprint density at radius 2 is 1.74 bits per heavy atom. The fraction of sp³-hybridized carbons (Fsp3) is 0.594. The summed E-state index contributed by atoms with van der Waals surface area (Å²) in [5.41, 5.74) is 2.65. The van der Waals surface area contributed by atoms with Crippen LogP contribution < -0.4 is 14.2 Å². The van der Waals surface area contributed by atoms with Crippen molar-refractivity contribution in [3.8, 4) is 17.2 Å². The lowest BCUT2D eigenvalue weighted by Crippen LogP contribution is -2.37. The summed E-state index contributed by atoms with van der Waals surface area (Å²) in [6.45, 7) is 9.13. The van der Waals surface area contributed by atoms with Gasteiger partial charge in [-0.1, -0.05) is 30.2 Å². The second-order valence-corrected chi connectivity index (χ2v) is 11.3. The normalized spacial score (nSPS) is 20.8. The molecule has 0 bridgehead atoms. The SMILES string of the molecule is COc1cc(CN2CCC[C@](O)(COc3ccc(C)cc3C)CC2)ccc1OCCCN1CCCCCC1=O. The number of benzene rings is 2. The molecule has 4 rings (SSSR count). The summed E-state index contributed by atoms with van der Waals surface area (Å²) in [7, 11) is 1.67. The molecule has 1 amide bonds. The van der Waals surface area contributed by atoms with Gasteiger partial charge in [0, 0.05) is 32.6 Å². The van der Waals surface area contributed by atoms with E-state index in [2.05, 4.69) is 24.0 Å². The summed E-state index contributed by atoms with van der Waals surface area (Å²) in [6.07, 6.45) is 7.05. The molecule has 2 aromatic carbocycles. The molecule has 0 aromatic heterocycles. The molecule has 0 aliphatic carbocycles. The number of rotatable bonds is 11. The van der Waals surface area contributed by atoms with Crippen LogP contribution in [0.1, 0.15) is 68.1 Å². The Morgan fingerprint density at radius 3 is 2.56 bits per heavy atom. The van der Waals surface area contributed by atoms with Gasteiger partial charge >= 0.3 is 0 Å². The van der Waals surface area contributed by atoms with Crippen molar-refractivity contribution in [1.29, 1.82) is 0 Å². The molecule has 7 heteroatoms. The van der Waals surface area contributed by atoms with E-state index >= 15 is 0 Å². The minimum absolute atomic E-state index is 0.273. The first kappa shape index (κ1) is 29.2. The van der Waals surface area contributed by atoms with Crippen LogP contribution in [0.15, 0.2) is 36.4 Å². The highest BCUT2D eigenvalue weighted by molar-refractivity contribution is 5.76. The molecule has 7 nitrogen and oxygen atoms in total. The predicted molar refractivity (Wildman–Crippen MR) is 154 cm³/mol. The molecule has 0 saturated carbocycles. The Balaban J connectivity index is 1.25. The fourth-order valence-electron chi connectivity index (χ4n) is 5.61. The molecular weight excluding hydrogens is 492 g/mol. The Hall–Kier alpha value is -2.77. The van der Waals surface area contributed by atoms with E-state index in [1.165, 1.54) is 5.56 Å². The number of methoxy groups -OCH3 is 1. The lowest BCUT2D eigenvalue weighted by Gasteiger charge is -2.27. The highest BCUT2D eigenvalue weighted by Crippen LogP contribution is 2.30. The highest BCUT2D eigenvalue weighted by atomic mass is 16.5. The Morgan fingerprint density at radius 1 is 0.897 bits per heavy atom. The molecule has 2 aliphatic heterocycles. The molecule has 2 heterocycles. The zero-order valence-corrected chi connectivity index (χ0v) is 24.0. The maximum atomic E-state index is 12.2. The van der Waals surface area contributed by atoms with Gasteiger partial charge in [0.05, 0.1) is 19.3 Å². The molecule has 0 spiro atoms. The average Bonchev–Trinajstić information content (AvgIpc) is 3.24. The maximum Gasteiger partial charge on any atom is 0.222 e. The number of amides is 1. The van der Waals surface area contributed by atoms with Gasteiger partial charge in [0.25, 0.3) is 0 Å². The number of hydrogen-bond acceptors (Lipinski definition) is 6. The quantitative estimate of drug-likeness (QED) is 0.393. The Labute approximate surface area is 234 Å². The number of ether oxygens (including phenoxy) is 3.